The molecule has 2 unspecified atom stereocenters. The zero-order valence-corrected chi connectivity index (χ0v) is 17.1. The number of carbonyl (C=O) groups is 2. The summed E-state index contributed by atoms with van der Waals surface area (Å²) in [5, 5.41) is 12.0. The Morgan fingerprint density at radius 1 is 1.07 bits per heavy atom. The van der Waals surface area contributed by atoms with Gasteiger partial charge in [0.2, 0.25) is 11.8 Å². The summed E-state index contributed by atoms with van der Waals surface area (Å²) >= 11 is 1.42. The molecule has 152 valence electrons. The second-order valence-electron chi connectivity index (χ2n) is 7.51. The summed E-state index contributed by atoms with van der Waals surface area (Å²) in [6, 6.07) is 13.7. The molecule has 29 heavy (non-hydrogen) atoms. The Morgan fingerprint density at radius 3 is 2.66 bits per heavy atom. The van der Waals surface area contributed by atoms with Crippen LogP contribution >= 0.6 is 11.8 Å². The van der Waals surface area contributed by atoms with E-state index in [0.717, 1.165) is 29.3 Å². The summed E-state index contributed by atoms with van der Waals surface area (Å²) in [6.07, 6.45) is 7.08. The van der Waals surface area contributed by atoms with Crippen molar-refractivity contribution in [2.24, 2.45) is 5.10 Å². The normalized spacial score (nSPS) is 22.1. The van der Waals surface area contributed by atoms with Crippen LogP contribution in [0.4, 0.5) is 5.69 Å². The number of fused-ring (bicyclic) bond motifs is 1. The van der Waals surface area contributed by atoms with Crippen molar-refractivity contribution >= 4 is 45.7 Å². The number of rotatable bonds is 5. The number of thioether (sulfide) groups is 1. The molecule has 2 aliphatic rings. The molecule has 2 aromatic carbocycles. The van der Waals surface area contributed by atoms with Crippen LogP contribution in [0.3, 0.4) is 0 Å². The number of nitrogens with zero attached hydrogens (tertiary/aromatic N) is 1. The Labute approximate surface area is 174 Å². The molecular formula is C22H26N4O2S. The Hall–Kier alpha value is -2.54. The molecule has 0 spiro atoms. The van der Waals surface area contributed by atoms with Crippen LogP contribution in [0.5, 0.6) is 0 Å². The van der Waals surface area contributed by atoms with E-state index < -0.39 is 5.25 Å². The molecule has 2 aromatic rings. The third-order valence-corrected chi connectivity index (χ3v) is 6.53. The van der Waals surface area contributed by atoms with E-state index in [9.17, 15) is 9.59 Å². The van der Waals surface area contributed by atoms with Gasteiger partial charge in [0.05, 0.1) is 5.25 Å². The van der Waals surface area contributed by atoms with Gasteiger partial charge in [-0.05, 0) is 37.1 Å². The van der Waals surface area contributed by atoms with Crippen molar-refractivity contribution in [3.63, 3.8) is 0 Å². The maximum absolute atomic E-state index is 12.6. The molecule has 3 N–H and O–H groups in total. The SMILES string of the molecule is O=C(CC1SC(NN=C2CCCCCC2)NC1=O)Nc1cccc2ccccc12. The average molecular weight is 411 g/mol. The zero-order chi connectivity index (χ0) is 20.1. The van der Waals surface area contributed by atoms with Crippen molar-refractivity contribution in [3.05, 3.63) is 42.5 Å². The lowest BCUT2D eigenvalue weighted by molar-refractivity contribution is -0.123. The number of benzene rings is 2. The molecule has 1 saturated heterocycles. The lowest BCUT2D eigenvalue weighted by atomic mass is 10.1. The maximum Gasteiger partial charge on any atom is 0.236 e. The van der Waals surface area contributed by atoms with Crippen LogP contribution in [0, 0.1) is 0 Å². The fourth-order valence-electron chi connectivity index (χ4n) is 3.79. The van der Waals surface area contributed by atoms with Crippen molar-refractivity contribution < 1.29 is 9.59 Å². The van der Waals surface area contributed by atoms with Gasteiger partial charge in [0, 0.05) is 23.2 Å². The largest absolute Gasteiger partial charge is 0.325 e. The average Bonchev–Trinajstić information content (AvgIpc) is 2.92. The predicted octanol–water partition coefficient (Wildman–Crippen LogP) is 3.98. The molecule has 4 rings (SSSR count). The minimum absolute atomic E-state index is 0.123. The Morgan fingerprint density at radius 2 is 1.83 bits per heavy atom. The van der Waals surface area contributed by atoms with Crippen molar-refractivity contribution in [3.8, 4) is 0 Å². The van der Waals surface area contributed by atoms with Gasteiger partial charge in [0.25, 0.3) is 0 Å². The third-order valence-electron chi connectivity index (χ3n) is 5.32. The monoisotopic (exact) mass is 410 g/mol. The molecule has 1 aliphatic heterocycles. The van der Waals surface area contributed by atoms with Gasteiger partial charge in [-0.25, -0.2) is 0 Å². The lowest BCUT2D eigenvalue weighted by Gasteiger charge is -2.11. The van der Waals surface area contributed by atoms with E-state index in [-0.39, 0.29) is 23.7 Å². The van der Waals surface area contributed by atoms with Crippen LogP contribution < -0.4 is 16.1 Å². The van der Waals surface area contributed by atoms with Crippen molar-refractivity contribution in [2.45, 2.75) is 55.7 Å². The first-order valence-electron chi connectivity index (χ1n) is 10.2. The van der Waals surface area contributed by atoms with Crippen LogP contribution in [-0.4, -0.2) is 28.3 Å². The number of nitrogens with one attached hydrogen (secondary N) is 3. The van der Waals surface area contributed by atoms with E-state index in [2.05, 4.69) is 21.2 Å². The van der Waals surface area contributed by atoms with Crippen LogP contribution in [0.2, 0.25) is 0 Å². The molecule has 1 aliphatic carbocycles. The smallest absolute Gasteiger partial charge is 0.236 e. The predicted molar refractivity (Wildman–Crippen MR) is 119 cm³/mol. The maximum atomic E-state index is 12.6. The number of carbonyl (C=O) groups excluding carboxylic acids is 2. The summed E-state index contributed by atoms with van der Waals surface area (Å²) in [6.45, 7) is 0. The van der Waals surface area contributed by atoms with Gasteiger partial charge in [-0.2, -0.15) is 5.10 Å². The molecule has 1 heterocycles. The summed E-state index contributed by atoms with van der Waals surface area (Å²) in [5.74, 6) is -0.286. The highest BCUT2D eigenvalue weighted by Crippen LogP contribution is 2.27. The van der Waals surface area contributed by atoms with E-state index in [1.165, 1.54) is 43.2 Å². The van der Waals surface area contributed by atoms with Crippen LogP contribution in [0.1, 0.15) is 44.9 Å². The fraction of sp³-hybridized carbons (Fsp3) is 0.409. The van der Waals surface area contributed by atoms with Gasteiger partial charge in [0.15, 0.2) is 5.50 Å². The van der Waals surface area contributed by atoms with Gasteiger partial charge < -0.3 is 10.6 Å². The number of anilines is 1. The molecule has 7 heteroatoms. The summed E-state index contributed by atoms with van der Waals surface area (Å²) in [5.41, 5.74) is 4.74. The summed E-state index contributed by atoms with van der Waals surface area (Å²) < 4.78 is 0. The van der Waals surface area contributed by atoms with E-state index in [0.29, 0.717) is 0 Å². The molecule has 1 saturated carbocycles. The molecule has 0 aromatic heterocycles. The molecule has 2 amide bonds. The quantitative estimate of drug-likeness (QED) is 0.514. The van der Waals surface area contributed by atoms with Crippen LogP contribution in [0.25, 0.3) is 10.8 Å². The second-order valence-corrected chi connectivity index (χ2v) is 8.83. The standard InChI is InChI=1S/C22H26N4O2S/c27-20(23-18-13-7-9-15-8-5-6-12-17(15)18)14-19-21(28)24-22(29-19)26-25-16-10-3-1-2-4-11-16/h5-9,12-13,19,22,26H,1-4,10-11,14H2,(H,23,27)(H,24,28). The first-order valence-corrected chi connectivity index (χ1v) is 11.2. The third kappa shape index (κ3) is 5.09. The summed E-state index contributed by atoms with van der Waals surface area (Å²) in [7, 11) is 0. The second kappa shape index (κ2) is 9.31. The molecular weight excluding hydrogens is 384 g/mol. The van der Waals surface area contributed by atoms with Crippen LogP contribution in [0.15, 0.2) is 47.6 Å². The van der Waals surface area contributed by atoms with Crippen molar-refractivity contribution in [2.75, 3.05) is 5.32 Å². The molecule has 2 atom stereocenters. The number of hydrogen-bond acceptors (Lipinski definition) is 5. The first-order chi connectivity index (χ1) is 14.2. The fourth-order valence-corrected chi connectivity index (χ4v) is 4.85. The first kappa shape index (κ1) is 19.8. The van der Waals surface area contributed by atoms with E-state index >= 15 is 0 Å². The Bertz CT molecular complexity index is 915. The van der Waals surface area contributed by atoms with Gasteiger partial charge in [0.1, 0.15) is 0 Å². The van der Waals surface area contributed by atoms with E-state index in [1.54, 1.807) is 0 Å². The summed E-state index contributed by atoms with van der Waals surface area (Å²) in [4.78, 5) is 24.8. The highest BCUT2D eigenvalue weighted by atomic mass is 32.2. The Kier molecular flexibility index (Phi) is 6.34. The van der Waals surface area contributed by atoms with Crippen molar-refractivity contribution in [1.82, 2.24) is 10.7 Å². The minimum Gasteiger partial charge on any atom is -0.325 e. The van der Waals surface area contributed by atoms with Gasteiger partial charge >= 0.3 is 0 Å². The van der Waals surface area contributed by atoms with E-state index in [4.69, 9.17) is 0 Å². The topological polar surface area (TPSA) is 82.6 Å². The van der Waals surface area contributed by atoms with E-state index in [1.807, 2.05) is 42.5 Å². The highest BCUT2D eigenvalue weighted by Gasteiger charge is 2.34. The van der Waals surface area contributed by atoms with Gasteiger partial charge in [-0.1, -0.05) is 49.2 Å². The number of amides is 2. The number of hydrazone groups is 1. The lowest BCUT2D eigenvalue weighted by Crippen LogP contribution is -2.36. The number of hydrogen-bond donors (Lipinski definition) is 3. The van der Waals surface area contributed by atoms with Gasteiger partial charge in [-0.3, -0.25) is 15.0 Å². The minimum atomic E-state index is -0.420. The molecule has 2 fully saturated rings. The van der Waals surface area contributed by atoms with Gasteiger partial charge in [-0.15, -0.1) is 11.8 Å². The molecule has 0 bridgehead atoms. The van der Waals surface area contributed by atoms with Crippen LogP contribution in [-0.2, 0) is 9.59 Å². The molecule has 6 nitrogen and oxygen atoms in total. The molecule has 0 radical (unpaired) electrons. The zero-order valence-electron chi connectivity index (χ0n) is 16.3. The van der Waals surface area contributed by atoms with Crippen molar-refractivity contribution in [1.29, 1.82) is 0 Å². The highest BCUT2D eigenvalue weighted by molar-refractivity contribution is 8.01. The Balaban J connectivity index is 1.32.